The third-order valence-electron chi connectivity index (χ3n) is 4.55. The lowest BCUT2D eigenvalue weighted by molar-refractivity contribution is 0.343. The molecule has 2 rings (SSSR count). The second kappa shape index (κ2) is 7.68. The van der Waals surface area contributed by atoms with Crippen LogP contribution in [0.3, 0.4) is 0 Å². The number of hydrogen-bond acceptors (Lipinski definition) is 2. The van der Waals surface area contributed by atoms with E-state index >= 15 is 0 Å². The molecule has 112 valence electrons. The van der Waals surface area contributed by atoms with Gasteiger partial charge in [0.1, 0.15) is 0 Å². The molecule has 1 fully saturated rings. The van der Waals surface area contributed by atoms with Gasteiger partial charge in [0, 0.05) is 25.8 Å². The molecule has 0 radical (unpaired) electrons. The first-order valence-electron chi connectivity index (χ1n) is 8.16. The minimum atomic E-state index is 0.926. The molecule has 1 aromatic rings. The lowest BCUT2D eigenvalue weighted by Crippen LogP contribution is -2.32. The summed E-state index contributed by atoms with van der Waals surface area (Å²) in [6.07, 6.45) is 7.19. The highest BCUT2D eigenvalue weighted by atomic mass is 15.1. The van der Waals surface area contributed by atoms with E-state index < -0.39 is 0 Å². The average molecular weight is 274 g/mol. The first kappa shape index (κ1) is 15.4. The Balaban J connectivity index is 1.70. The van der Waals surface area contributed by atoms with E-state index in [1.165, 1.54) is 55.5 Å². The zero-order valence-electron chi connectivity index (χ0n) is 13.4. The van der Waals surface area contributed by atoms with Crippen LogP contribution in [-0.2, 0) is 0 Å². The molecule has 20 heavy (non-hydrogen) atoms. The number of hydrogen-bond donors (Lipinski definition) is 1. The van der Waals surface area contributed by atoms with E-state index in [0.717, 1.165) is 19.0 Å². The van der Waals surface area contributed by atoms with Crippen LogP contribution in [0.4, 0.5) is 5.69 Å². The van der Waals surface area contributed by atoms with Crippen molar-refractivity contribution in [1.29, 1.82) is 0 Å². The summed E-state index contributed by atoms with van der Waals surface area (Å²) < 4.78 is 0. The van der Waals surface area contributed by atoms with Crippen LogP contribution in [0.5, 0.6) is 0 Å². The van der Waals surface area contributed by atoms with Crippen molar-refractivity contribution in [2.45, 2.75) is 46.0 Å². The van der Waals surface area contributed by atoms with E-state index in [-0.39, 0.29) is 0 Å². The van der Waals surface area contributed by atoms with Crippen molar-refractivity contribution in [3.8, 4) is 0 Å². The molecule has 1 aliphatic rings. The van der Waals surface area contributed by atoms with Crippen LogP contribution in [-0.4, -0.2) is 26.7 Å². The smallest absolute Gasteiger partial charge is 0.0393 e. The van der Waals surface area contributed by atoms with Crippen molar-refractivity contribution in [2.75, 3.05) is 31.6 Å². The largest absolute Gasteiger partial charge is 0.373 e. The number of likely N-dealkylation sites (N-methyl/N-ethyl adjacent to an activating group) is 1. The predicted octanol–water partition coefficient (Wildman–Crippen LogP) is 3.91. The number of rotatable bonds is 6. The zero-order chi connectivity index (χ0) is 14.4. The number of benzene rings is 1. The molecule has 0 spiro atoms. The van der Waals surface area contributed by atoms with Crippen LogP contribution < -0.4 is 10.2 Å². The molecule has 0 bridgehead atoms. The molecule has 0 heterocycles. The van der Waals surface area contributed by atoms with Gasteiger partial charge in [-0.25, -0.2) is 0 Å². The van der Waals surface area contributed by atoms with Crippen molar-refractivity contribution < 1.29 is 0 Å². The second-order valence-corrected chi connectivity index (χ2v) is 6.42. The van der Waals surface area contributed by atoms with Crippen molar-refractivity contribution in [3.63, 3.8) is 0 Å². The second-order valence-electron chi connectivity index (χ2n) is 6.42. The predicted molar refractivity (Wildman–Crippen MR) is 88.6 cm³/mol. The topological polar surface area (TPSA) is 15.3 Å². The van der Waals surface area contributed by atoms with Gasteiger partial charge >= 0.3 is 0 Å². The van der Waals surface area contributed by atoms with Crippen molar-refractivity contribution in [1.82, 2.24) is 5.32 Å². The third kappa shape index (κ3) is 4.52. The summed E-state index contributed by atoms with van der Waals surface area (Å²) in [5, 5.41) is 3.64. The van der Waals surface area contributed by atoms with Gasteiger partial charge in [-0.2, -0.15) is 0 Å². The van der Waals surface area contributed by atoms with Crippen LogP contribution in [0.15, 0.2) is 18.2 Å². The molecular formula is C18H30N2. The summed E-state index contributed by atoms with van der Waals surface area (Å²) in [4.78, 5) is 2.36. The van der Waals surface area contributed by atoms with E-state index in [4.69, 9.17) is 0 Å². The van der Waals surface area contributed by atoms with E-state index in [2.05, 4.69) is 49.3 Å². The third-order valence-corrected chi connectivity index (χ3v) is 4.55. The lowest BCUT2D eigenvalue weighted by atomic mass is 9.89. The number of aryl methyl sites for hydroxylation is 2. The molecule has 0 aliphatic heterocycles. The summed E-state index contributed by atoms with van der Waals surface area (Å²) in [5.41, 5.74) is 4.07. The van der Waals surface area contributed by atoms with E-state index in [0.29, 0.717) is 0 Å². The first-order valence-corrected chi connectivity index (χ1v) is 8.16. The Bertz CT molecular complexity index is 408. The Kier molecular flexibility index (Phi) is 5.90. The molecule has 2 heteroatoms. The van der Waals surface area contributed by atoms with E-state index in [1.54, 1.807) is 0 Å². The fourth-order valence-corrected chi connectivity index (χ4v) is 3.30. The highest BCUT2D eigenvalue weighted by Crippen LogP contribution is 2.23. The molecule has 1 aliphatic carbocycles. The normalized spacial score (nSPS) is 16.4. The van der Waals surface area contributed by atoms with Gasteiger partial charge in [-0.15, -0.1) is 0 Å². The van der Waals surface area contributed by atoms with Gasteiger partial charge in [0.2, 0.25) is 0 Å². The minimum absolute atomic E-state index is 0.926. The average Bonchev–Trinajstić information content (AvgIpc) is 2.44. The molecule has 1 N–H and O–H groups in total. The van der Waals surface area contributed by atoms with Gasteiger partial charge in [0.05, 0.1) is 0 Å². The maximum absolute atomic E-state index is 3.64. The summed E-state index contributed by atoms with van der Waals surface area (Å²) >= 11 is 0. The maximum Gasteiger partial charge on any atom is 0.0393 e. The minimum Gasteiger partial charge on any atom is -0.373 e. The number of nitrogens with one attached hydrogen (secondary N) is 1. The lowest BCUT2D eigenvalue weighted by Gasteiger charge is -2.24. The van der Waals surface area contributed by atoms with Crippen LogP contribution in [0.1, 0.15) is 43.2 Å². The molecule has 0 saturated heterocycles. The molecule has 1 saturated carbocycles. The molecule has 1 aromatic carbocycles. The van der Waals surface area contributed by atoms with E-state index in [1.807, 2.05) is 0 Å². The highest BCUT2D eigenvalue weighted by molar-refractivity contribution is 5.53. The van der Waals surface area contributed by atoms with Gasteiger partial charge in [-0.05, 0) is 50.8 Å². The zero-order valence-corrected chi connectivity index (χ0v) is 13.4. The van der Waals surface area contributed by atoms with E-state index in [9.17, 15) is 0 Å². The van der Waals surface area contributed by atoms with Crippen LogP contribution in [0, 0.1) is 19.8 Å². The van der Waals surface area contributed by atoms with Gasteiger partial charge in [0.15, 0.2) is 0 Å². The van der Waals surface area contributed by atoms with Crippen LogP contribution >= 0.6 is 0 Å². The Hall–Kier alpha value is -1.02. The molecular weight excluding hydrogens is 244 g/mol. The standard InChI is InChI=1S/C18H30N2/c1-15-9-10-18(16(2)13-15)20(3)12-11-19-14-17-7-5-4-6-8-17/h9-10,13,17,19H,4-8,11-12,14H2,1-3H3. The Morgan fingerprint density at radius 3 is 2.60 bits per heavy atom. The number of anilines is 1. The molecule has 0 amide bonds. The number of nitrogens with zero attached hydrogens (tertiary/aromatic N) is 1. The maximum atomic E-state index is 3.64. The quantitative estimate of drug-likeness (QED) is 0.791. The highest BCUT2D eigenvalue weighted by Gasteiger charge is 2.12. The summed E-state index contributed by atoms with van der Waals surface area (Å²) in [7, 11) is 2.19. The van der Waals surface area contributed by atoms with Gasteiger partial charge < -0.3 is 10.2 Å². The van der Waals surface area contributed by atoms with Crippen LogP contribution in [0.2, 0.25) is 0 Å². The SMILES string of the molecule is Cc1ccc(N(C)CCNCC2CCCCC2)c(C)c1. The molecule has 0 aromatic heterocycles. The Labute approximate surface area is 124 Å². The van der Waals surface area contributed by atoms with Gasteiger partial charge in [0.25, 0.3) is 0 Å². The molecule has 2 nitrogen and oxygen atoms in total. The fourth-order valence-electron chi connectivity index (χ4n) is 3.30. The van der Waals surface area contributed by atoms with Gasteiger partial charge in [-0.3, -0.25) is 0 Å². The van der Waals surface area contributed by atoms with Gasteiger partial charge in [-0.1, -0.05) is 37.0 Å². The Morgan fingerprint density at radius 2 is 1.90 bits per heavy atom. The fraction of sp³-hybridized carbons (Fsp3) is 0.667. The first-order chi connectivity index (χ1) is 9.66. The Morgan fingerprint density at radius 1 is 1.15 bits per heavy atom. The summed E-state index contributed by atoms with van der Waals surface area (Å²) in [5.74, 6) is 0.926. The monoisotopic (exact) mass is 274 g/mol. The van der Waals surface area contributed by atoms with Crippen molar-refractivity contribution >= 4 is 5.69 Å². The van der Waals surface area contributed by atoms with Crippen molar-refractivity contribution in [3.05, 3.63) is 29.3 Å². The summed E-state index contributed by atoms with van der Waals surface area (Å²) in [6, 6.07) is 6.71. The van der Waals surface area contributed by atoms with Crippen molar-refractivity contribution in [2.24, 2.45) is 5.92 Å². The van der Waals surface area contributed by atoms with Crippen LogP contribution in [0.25, 0.3) is 0 Å². The molecule has 0 unspecified atom stereocenters. The molecule has 0 atom stereocenters. The summed E-state index contributed by atoms with van der Waals surface area (Å²) in [6.45, 7) is 7.73.